The summed E-state index contributed by atoms with van der Waals surface area (Å²) < 4.78 is 22.5. The first-order valence-corrected chi connectivity index (χ1v) is 5.51. The fourth-order valence-electron chi connectivity index (χ4n) is 1.04. The Morgan fingerprint density at radius 1 is 1.53 bits per heavy atom. The Labute approximate surface area is 103 Å². The number of halogens is 2. The van der Waals surface area contributed by atoms with Crippen molar-refractivity contribution < 1.29 is 18.7 Å². The third-order valence-electron chi connectivity index (χ3n) is 1.96. The molecular weight excluding hydrogens is 249 g/mol. The van der Waals surface area contributed by atoms with Gasteiger partial charge < -0.3 is 15.2 Å². The van der Waals surface area contributed by atoms with Crippen LogP contribution in [0.1, 0.15) is 19.8 Å². The van der Waals surface area contributed by atoms with Crippen LogP contribution in [0, 0.1) is 5.82 Å². The lowest BCUT2D eigenvalue weighted by molar-refractivity contribution is 0.0978. The molecule has 0 bridgehead atoms. The molecule has 0 radical (unpaired) electrons. The molecule has 0 saturated carbocycles. The van der Waals surface area contributed by atoms with E-state index in [9.17, 15) is 9.18 Å². The van der Waals surface area contributed by atoms with Crippen molar-refractivity contribution in [2.24, 2.45) is 0 Å². The number of carbonyl (C=O) groups is 1. The SMILES string of the molecule is CCCCOC(=O)Oc1cc(N)c(F)cc1Cl. The number of hydrogen-bond donors (Lipinski definition) is 1. The third kappa shape index (κ3) is 4.11. The molecule has 94 valence electrons. The van der Waals surface area contributed by atoms with Crippen molar-refractivity contribution in [3.05, 3.63) is 23.0 Å². The van der Waals surface area contributed by atoms with Crippen molar-refractivity contribution >= 4 is 23.4 Å². The minimum atomic E-state index is -0.883. The van der Waals surface area contributed by atoms with Crippen LogP contribution >= 0.6 is 11.6 Å². The van der Waals surface area contributed by atoms with E-state index in [0.717, 1.165) is 25.0 Å². The van der Waals surface area contributed by atoms with E-state index in [0.29, 0.717) is 0 Å². The summed E-state index contributed by atoms with van der Waals surface area (Å²) in [5.41, 5.74) is 5.17. The monoisotopic (exact) mass is 261 g/mol. The number of nitrogen functional groups attached to an aromatic ring is 1. The van der Waals surface area contributed by atoms with Gasteiger partial charge in [-0.05, 0) is 12.5 Å². The molecular formula is C11H13ClFNO3. The van der Waals surface area contributed by atoms with Gasteiger partial charge in [-0.2, -0.15) is 0 Å². The van der Waals surface area contributed by atoms with E-state index in [1.165, 1.54) is 0 Å². The van der Waals surface area contributed by atoms with Gasteiger partial charge in [0, 0.05) is 6.07 Å². The summed E-state index contributed by atoms with van der Waals surface area (Å²) in [6.07, 6.45) is 0.762. The maximum atomic E-state index is 13.0. The summed E-state index contributed by atoms with van der Waals surface area (Å²) >= 11 is 5.68. The molecule has 0 amide bonds. The largest absolute Gasteiger partial charge is 0.513 e. The number of rotatable bonds is 4. The van der Waals surface area contributed by atoms with E-state index >= 15 is 0 Å². The summed E-state index contributed by atoms with van der Waals surface area (Å²) in [7, 11) is 0. The van der Waals surface area contributed by atoms with Gasteiger partial charge in [0.1, 0.15) is 5.82 Å². The Balaban J connectivity index is 2.62. The zero-order valence-electron chi connectivity index (χ0n) is 9.33. The van der Waals surface area contributed by atoms with Crippen LogP contribution in [-0.2, 0) is 4.74 Å². The highest BCUT2D eigenvalue weighted by atomic mass is 35.5. The lowest BCUT2D eigenvalue weighted by atomic mass is 10.3. The molecule has 0 fully saturated rings. The molecule has 0 aliphatic rings. The molecule has 0 atom stereocenters. The summed E-state index contributed by atoms with van der Waals surface area (Å²) in [6, 6.07) is 2.12. The fourth-order valence-corrected chi connectivity index (χ4v) is 1.23. The first-order valence-electron chi connectivity index (χ1n) is 5.13. The summed E-state index contributed by atoms with van der Waals surface area (Å²) in [4.78, 5) is 11.2. The van der Waals surface area contributed by atoms with Crippen LogP contribution < -0.4 is 10.5 Å². The number of anilines is 1. The van der Waals surface area contributed by atoms with Crippen LogP contribution in [0.15, 0.2) is 12.1 Å². The third-order valence-corrected chi connectivity index (χ3v) is 2.26. The number of benzene rings is 1. The van der Waals surface area contributed by atoms with Crippen molar-refractivity contribution in [1.29, 1.82) is 0 Å². The average Bonchev–Trinajstić information content (AvgIpc) is 2.26. The highest BCUT2D eigenvalue weighted by Gasteiger charge is 2.12. The molecule has 0 aliphatic heterocycles. The lowest BCUT2D eigenvalue weighted by Gasteiger charge is -2.08. The van der Waals surface area contributed by atoms with Crippen molar-refractivity contribution in [3.63, 3.8) is 0 Å². The number of carbonyl (C=O) groups excluding carboxylic acids is 1. The van der Waals surface area contributed by atoms with Crippen LogP contribution in [0.5, 0.6) is 5.75 Å². The van der Waals surface area contributed by atoms with E-state index in [2.05, 4.69) is 0 Å². The highest BCUT2D eigenvalue weighted by molar-refractivity contribution is 6.32. The Bertz CT molecular complexity index is 412. The van der Waals surface area contributed by atoms with Gasteiger partial charge in [-0.1, -0.05) is 24.9 Å². The molecule has 0 unspecified atom stereocenters. The summed E-state index contributed by atoms with van der Waals surface area (Å²) in [5.74, 6) is -0.686. The van der Waals surface area contributed by atoms with Gasteiger partial charge in [0.05, 0.1) is 17.3 Å². The zero-order valence-corrected chi connectivity index (χ0v) is 10.1. The summed E-state index contributed by atoms with van der Waals surface area (Å²) in [5, 5.41) is -0.0378. The predicted molar refractivity (Wildman–Crippen MR) is 62.7 cm³/mol. The average molecular weight is 262 g/mol. The number of hydrogen-bond acceptors (Lipinski definition) is 4. The van der Waals surface area contributed by atoms with E-state index in [1.54, 1.807) is 0 Å². The number of nitrogens with two attached hydrogens (primary N) is 1. The topological polar surface area (TPSA) is 61.5 Å². The molecule has 0 spiro atoms. The van der Waals surface area contributed by atoms with Gasteiger partial charge in [-0.3, -0.25) is 0 Å². The smallest absolute Gasteiger partial charge is 0.434 e. The van der Waals surface area contributed by atoms with Gasteiger partial charge in [-0.15, -0.1) is 0 Å². The minimum Gasteiger partial charge on any atom is -0.434 e. The molecule has 2 N–H and O–H groups in total. The standard InChI is InChI=1S/C11H13ClFNO3/c1-2-3-4-16-11(15)17-10-6-9(14)8(13)5-7(10)12/h5-6H,2-4,14H2,1H3. The van der Waals surface area contributed by atoms with E-state index in [4.69, 9.17) is 26.8 Å². The van der Waals surface area contributed by atoms with Crippen molar-refractivity contribution in [2.45, 2.75) is 19.8 Å². The fraction of sp³-hybridized carbons (Fsp3) is 0.364. The minimum absolute atomic E-state index is 0.0212. The van der Waals surface area contributed by atoms with E-state index in [1.807, 2.05) is 6.92 Å². The molecule has 1 aromatic carbocycles. The predicted octanol–water partition coefficient (Wildman–Crippen LogP) is 3.38. The molecule has 0 heterocycles. The van der Waals surface area contributed by atoms with Gasteiger partial charge in [0.2, 0.25) is 0 Å². The Kier molecular flexibility index (Phi) is 5.03. The maximum absolute atomic E-state index is 13.0. The number of ether oxygens (including phenoxy) is 2. The maximum Gasteiger partial charge on any atom is 0.513 e. The quantitative estimate of drug-likeness (QED) is 0.391. The van der Waals surface area contributed by atoms with Crippen molar-refractivity contribution in [2.75, 3.05) is 12.3 Å². The molecule has 6 heteroatoms. The van der Waals surface area contributed by atoms with Gasteiger partial charge >= 0.3 is 6.16 Å². The second-order valence-corrected chi connectivity index (χ2v) is 3.77. The van der Waals surface area contributed by atoms with Gasteiger partial charge in [0.15, 0.2) is 5.75 Å². The van der Waals surface area contributed by atoms with Gasteiger partial charge in [0.25, 0.3) is 0 Å². The first-order chi connectivity index (χ1) is 8.04. The normalized spacial score (nSPS) is 10.1. The first kappa shape index (κ1) is 13.6. The van der Waals surface area contributed by atoms with E-state index < -0.39 is 12.0 Å². The number of unbranched alkanes of at least 4 members (excludes halogenated alkanes) is 1. The van der Waals surface area contributed by atoms with Crippen LogP contribution in [0.25, 0.3) is 0 Å². The molecule has 0 saturated heterocycles. The molecule has 4 nitrogen and oxygen atoms in total. The zero-order chi connectivity index (χ0) is 12.8. The molecule has 0 aliphatic carbocycles. The van der Waals surface area contributed by atoms with Crippen molar-refractivity contribution in [3.8, 4) is 5.75 Å². The lowest BCUT2D eigenvalue weighted by Crippen LogP contribution is -2.12. The Morgan fingerprint density at radius 3 is 2.88 bits per heavy atom. The van der Waals surface area contributed by atoms with Gasteiger partial charge in [-0.25, -0.2) is 9.18 Å². The second kappa shape index (κ2) is 6.30. The molecule has 17 heavy (non-hydrogen) atoms. The summed E-state index contributed by atoms with van der Waals surface area (Å²) in [6.45, 7) is 2.23. The van der Waals surface area contributed by atoms with Crippen molar-refractivity contribution in [1.82, 2.24) is 0 Å². The molecule has 1 rings (SSSR count). The van der Waals surface area contributed by atoms with Crippen LogP contribution in [-0.4, -0.2) is 12.8 Å². The van der Waals surface area contributed by atoms with E-state index in [-0.39, 0.29) is 23.1 Å². The highest BCUT2D eigenvalue weighted by Crippen LogP contribution is 2.29. The van der Waals surface area contributed by atoms with Crippen LogP contribution in [0.4, 0.5) is 14.9 Å². The van der Waals surface area contributed by atoms with Crippen LogP contribution in [0.3, 0.4) is 0 Å². The van der Waals surface area contributed by atoms with Crippen LogP contribution in [0.2, 0.25) is 5.02 Å². The molecule has 1 aromatic rings. The Hall–Kier alpha value is -1.49. The molecule has 0 aromatic heterocycles. The second-order valence-electron chi connectivity index (χ2n) is 3.36. The Morgan fingerprint density at radius 2 is 2.24 bits per heavy atom.